The van der Waals surface area contributed by atoms with Gasteiger partial charge in [-0.05, 0) is 0 Å². The molecule has 0 saturated heterocycles. The minimum atomic E-state index is 0.125. The number of ether oxygens (including phenoxy) is 1. The summed E-state index contributed by atoms with van der Waals surface area (Å²) in [5, 5.41) is 3.43. The Labute approximate surface area is 40.2 Å². The van der Waals surface area contributed by atoms with Gasteiger partial charge in [0.05, 0.1) is 0 Å². The molecule has 1 aliphatic heterocycles. The standard InChI is InChI=1S/C3H4N2O2/c6-1-3-5-4-2-7-3/h1,4H,2H2. The number of aldehydes is 1. The zero-order valence-corrected chi connectivity index (χ0v) is 3.55. The molecule has 38 valence electrons. The highest BCUT2D eigenvalue weighted by Crippen LogP contribution is 1.81. The molecule has 0 bridgehead atoms. The Hall–Kier alpha value is -1.06. The third kappa shape index (κ3) is 0.677. The van der Waals surface area contributed by atoms with Crippen LogP contribution in [0.3, 0.4) is 0 Å². The van der Waals surface area contributed by atoms with Gasteiger partial charge in [-0.15, -0.1) is 5.10 Å². The van der Waals surface area contributed by atoms with Crippen LogP contribution in [0, 0.1) is 0 Å². The highest BCUT2D eigenvalue weighted by atomic mass is 16.5. The topological polar surface area (TPSA) is 50.7 Å². The summed E-state index contributed by atoms with van der Waals surface area (Å²) in [6.45, 7) is 0.314. The molecule has 0 amide bonds. The number of nitrogens with one attached hydrogen (secondary N) is 1. The molecule has 0 aromatic carbocycles. The van der Waals surface area contributed by atoms with E-state index in [1.54, 1.807) is 0 Å². The van der Waals surface area contributed by atoms with E-state index in [-0.39, 0.29) is 5.90 Å². The Morgan fingerprint density at radius 1 is 2.00 bits per heavy atom. The predicted molar refractivity (Wildman–Crippen MR) is 22.6 cm³/mol. The number of nitrogens with zero attached hydrogens (tertiary/aromatic N) is 1. The van der Waals surface area contributed by atoms with E-state index in [1.165, 1.54) is 0 Å². The average Bonchev–Trinajstić information content (AvgIpc) is 2.14. The van der Waals surface area contributed by atoms with Crippen LogP contribution in [-0.4, -0.2) is 18.9 Å². The van der Waals surface area contributed by atoms with Crippen molar-refractivity contribution in [3.63, 3.8) is 0 Å². The fourth-order valence-corrected chi connectivity index (χ4v) is 0.309. The monoisotopic (exact) mass is 100 g/mol. The molecule has 0 spiro atoms. The van der Waals surface area contributed by atoms with Crippen LogP contribution in [-0.2, 0) is 9.53 Å². The van der Waals surface area contributed by atoms with Crippen LogP contribution in [0.15, 0.2) is 5.10 Å². The van der Waals surface area contributed by atoms with Gasteiger partial charge in [0, 0.05) is 0 Å². The van der Waals surface area contributed by atoms with E-state index in [4.69, 9.17) is 0 Å². The van der Waals surface area contributed by atoms with E-state index in [0.29, 0.717) is 13.0 Å². The number of hydrogen-bond acceptors (Lipinski definition) is 4. The molecule has 7 heavy (non-hydrogen) atoms. The number of hydrazone groups is 1. The lowest BCUT2D eigenvalue weighted by Gasteiger charge is -1.83. The third-order valence-corrected chi connectivity index (χ3v) is 0.575. The first-order valence-corrected chi connectivity index (χ1v) is 1.82. The van der Waals surface area contributed by atoms with Crippen LogP contribution in [0.2, 0.25) is 0 Å². The minimum Gasteiger partial charge on any atom is -0.452 e. The summed E-state index contributed by atoms with van der Waals surface area (Å²) < 4.78 is 4.57. The number of hydrogen-bond donors (Lipinski definition) is 1. The first-order chi connectivity index (χ1) is 3.43. The van der Waals surface area contributed by atoms with Crippen molar-refractivity contribution >= 4 is 12.2 Å². The summed E-state index contributed by atoms with van der Waals surface area (Å²) in [4.78, 5) is 9.71. The van der Waals surface area contributed by atoms with Gasteiger partial charge in [-0.3, -0.25) is 10.2 Å². The van der Waals surface area contributed by atoms with Crippen LogP contribution in [0.5, 0.6) is 0 Å². The second kappa shape index (κ2) is 1.59. The summed E-state index contributed by atoms with van der Waals surface area (Å²) in [7, 11) is 0. The van der Waals surface area contributed by atoms with Crippen LogP contribution in [0.4, 0.5) is 0 Å². The molecule has 1 aliphatic rings. The molecule has 0 fully saturated rings. The molecule has 1 heterocycles. The number of rotatable bonds is 1. The summed E-state index contributed by atoms with van der Waals surface area (Å²) in [5.74, 6) is 0.125. The molecule has 4 nitrogen and oxygen atoms in total. The highest BCUT2D eigenvalue weighted by Gasteiger charge is 2.01. The Kier molecular flexibility index (Phi) is 0.934. The zero-order chi connectivity index (χ0) is 5.11. The fraction of sp³-hybridized carbons (Fsp3) is 0.333. The van der Waals surface area contributed by atoms with Gasteiger partial charge in [-0.25, -0.2) is 0 Å². The lowest BCUT2D eigenvalue weighted by atomic mass is 10.8. The molecule has 0 radical (unpaired) electrons. The highest BCUT2D eigenvalue weighted by molar-refractivity contribution is 6.23. The molecule has 0 saturated carbocycles. The molecule has 0 aliphatic carbocycles. The SMILES string of the molecule is O=CC1=NNCO1. The van der Waals surface area contributed by atoms with Crippen molar-refractivity contribution in [2.75, 3.05) is 6.73 Å². The normalized spacial score (nSPS) is 16.9. The predicted octanol–water partition coefficient (Wildman–Crippen LogP) is -0.924. The van der Waals surface area contributed by atoms with Crippen LogP contribution >= 0.6 is 0 Å². The first-order valence-electron chi connectivity index (χ1n) is 1.82. The molecule has 0 aromatic rings. The van der Waals surface area contributed by atoms with E-state index in [2.05, 4.69) is 15.3 Å². The van der Waals surface area contributed by atoms with Crippen LogP contribution in [0.25, 0.3) is 0 Å². The largest absolute Gasteiger partial charge is 0.452 e. The van der Waals surface area contributed by atoms with Gasteiger partial charge in [0.25, 0.3) is 5.90 Å². The zero-order valence-electron chi connectivity index (χ0n) is 3.55. The van der Waals surface area contributed by atoms with Crippen molar-refractivity contribution in [3.8, 4) is 0 Å². The molecule has 1 rings (SSSR count). The smallest absolute Gasteiger partial charge is 0.273 e. The molecule has 1 N–H and O–H groups in total. The van der Waals surface area contributed by atoms with E-state index >= 15 is 0 Å². The van der Waals surface area contributed by atoms with E-state index in [1.807, 2.05) is 0 Å². The van der Waals surface area contributed by atoms with Crippen molar-refractivity contribution in [2.24, 2.45) is 5.10 Å². The van der Waals surface area contributed by atoms with Gasteiger partial charge >= 0.3 is 0 Å². The van der Waals surface area contributed by atoms with Gasteiger partial charge < -0.3 is 4.74 Å². The lowest BCUT2D eigenvalue weighted by molar-refractivity contribution is -0.103. The van der Waals surface area contributed by atoms with Crippen LogP contribution < -0.4 is 5.43 Å². The lowest BCUT2D eigenvalue weighted by Crippen LogP contribution is -2.01. The maximum Gasteiger partial charge on any atom is 0.273 e. The van der Waals surface area contributed by atoms with E-state index in [9.17, 15) is 4.79 Å². The van der Waals surface area contributed by atoms with Gasteiger partial charge in [-0.1, -0.05) is 0 Å². The van der Waals surface area contributed by atoms with Crippen molar-refractivity contribution in [1.82, 2.24) is 5.43 Å². The summed E-state index contributed by atoms with van der Waals surface area (Å²) in [6, 6.07) is 0. The van der Waals surface area contributed by atoms with Crippen molar-refractivity contribution in [1.29, 1.82) is 0 Å². The molecular formula is C3H4N2O2. The molecule has 0 aromatic heterocycles. The second-order valence-corrected chi connectivity index (χ2v) is 1.01. The van der Waals surface area contributed by atoms with Crippen molar-refractivity contribution in [2.45, 2.75) is 0 Å². The summed E-state index contributed by atoms with van der Waals surface area (Å²) >= 11 is 0. The maximum absolute atomic E-state index is 9.71. The van der Waals surface area contributed by atoms with Crippen LogP contribution in [0.1, 0.15) is 0 Å². The summed E-state index contributed by atoms with van der Waals surface area (Å²) in [5.41, 5.74) is 2.46. The first kappa shape index (κ1) is 4.11. The summed E-state index contributed by atoms with van der Waals surface area (Å²) in [6.07, 6.45) is 0.556. The van der Waals surface area contributed by atoms with Crippen molar-refractivity contribution in [3.05, 3.63) is 0 Å². The third-order valence-electron chi connectivity index (χ3n) is 0.575. The minimum absolute atomic E-state index is 0.125. The number of carbonyl (C=O) groups excluding carboxylic acids is 1. The Morgan fingerprint density at radius 3 is 3.14 bits per heavy atom. The Morgan fingerprint density at radius 2 is 2.86 bits per heavy atom. The van der Waals surface area contributed by atoms with Gasteiger partial charge in [0.2, 0.25) is 6.29 Å². The second-order valence-electron chi connectivity index (χ2n) is 1.01. The van der Waals surface area contributed by atoms with Gasteiger partial charge in [0.1, 0.15) is 0 Å². The number of carbonyl (C=O) groups is 1. The molecule has 4 heteroatoms. The molecule has 0 unspecified atom stereocenters. The Bertz CT molecular complexity index is 110. The Balaban J connectivity index is 2.51. The average molecular weight is 100 g/mol. The van der Waals surface area contributed by atoms with Gasteiger partial charge in [0.15, 0.2) is 6.73 Å². The molecular weight excluding hydrogens is 96.0 g/mol. The van der Waals surface area contributed by atoms with Crippen molar-refractivity contribution < 1.29 is 9.53 Å². The van der Waals surface area contributed by atoms with E-state index in [0.717, 1.165) is 0 Å². The molecule has 0 atom stereocenters. The van der Waals surface area contributed by atoms with E-state index < -0.39 is 0 Å². The maximum atomic E-state index is 9.71. The van der Waals surface area contributed by atoms with Gasteiger partial charge in [-0.2, -0.15) is 0 Å². The fourth-order valence-electron chi connectivity index (χ4n) is 0.309. The quantitative estimate of drug-likeness (QED) is 0.433.